The Hall–Kier alpha value is -2.74. The lowest BCUT2D eigenvalue weighted by Gasteiger charge is -2.23. The van der Waals surface area contributed by atoms with E-state index in [0.717, 1.165) is 10.6 Å². The Labute approximate surface area is 153 Å². The second-order valence-corrected chi connectivity index (χ2v) is 7.33. The number of ether oxygens (including phenoxy) is 2. The number of nitrogens with one attached hydrogen (secondary N) is 1. The molecule has 0 fully saturated rings. The van der Waals surface area contributed by atoms with Crippen LogP contribution in [-0.4, -0.2) is 40.8 Å². The minimum atomic E-state index is -3.70. The van der Waals surface area contributed by atoms with Crippen molar-refractivity contribution in [1.82, 2.24) is 0 Å². The molecule has 26 heavy (non-hydrogen) atoms. The molecule has 0 aliphatic rings. The Morgan fingerprint density at radius 2 is 1.69 bits per heavy atom. The molecule has 0 bridgehead atoms. The molecule has 8 heteroatoms. The van der Waals surface area contributed by atoms with Crippen LogP contribution >= 0.6 is 0 Å². The number of hydrogen-bond acceptors (Lipinski definition) is 5. The van der Waals surface area contributed by atoms with Gasteiger partial charge in [0.1, 0.15) is 18.0 Å². The standard InChI is InChI=1S/C18H22N2O5S/c1-4-25-16-11-7-5-9-14(16)19-18(21)13-20(26(3,22)23)15-10-6-8-12-17(15)24-2/h5-12H,4,13H2,1-3H3,(H,19,21). The van der Waals surface area contributed by atoms with Crippen molar-refractivity contribution in [3.8, 4) is 11.5 Å². The predicted octanol–water partition coefficient (Wildman–Crippen LogP) is 2.50. The average Bonchev–Trinajstić information content (AvgIpc) is 2.60. The second kappa shape index (κ2) is 8.57. The number of amides is 1. The minimum Gasteiger partial charge on any atom is -0.495 e. The molecule has 0 spiro atoms. The third-order valence-corrected chi connectivity index (χ3v) is 4.63. The molecule has 2 rings (SSSR count). The Kier molecular flexibility index (Phi) is 6.46. The zero-order chi connectivity index (χ0) is 19.2. The SMILES string of the molecule is CCOc1ccccc1NC(=O)CN(c1ccccc1OC)S(C)(=O)=O. The number of sulfonamides is 1. The maximum atomic E-state index is 12.5. The summed E-state index contributed by atoms with van der Waals surface area (Å²) >= 11 is 0. The van der Waals surface area contributed by atoms with Gasteiger partial charge in [-0.05, 0) is 31.2 Å². The molecule has 1 N–H and O–H groups in total. The first kappa shape index (κ1) is 19.6. The highest BCUT2D eigenvalue weighted by atomic mass is 32.2. The van der Waals surface area contributed by atoms with Gasteiger partial charge in [0.2, 0.25) is 15.9 Å². The first-order valence-electron chi connectivity index (χ1n) is 7.99. The molecular weight excluding hydrogens is 356 g/mol. The summed E-state index contributed by atoms with van der Waals surface area (Å²) in [6, 6.07) is 13.6. The number of carbonyl (C=O) groups is 1. The molecule has 0 atom stereocenters. The van der Waals surface area contributed by atoms with Gasteiger partial charge >= 0.3 is 0 Å². The highest BCUT2D eigenvalue weighted by Crippen LogP contribution is 2.29. The van der Waals surface area contributed by atoms with Gasteiger partial charge in [0.05, 0.1) is 31.3 Å². The highest BCUT2D eigenvalue weighted by molar-refractivity contribution is 7.92. The van der Waals surface area contributed by atoms with Gasteiger partial charge in [0, 0.05) is 0 Å². The first-order chi connectivity index (χ1) is 12.4. The second-order valence-electron chi connectivity index (χ2n) is 5.42. The third kappa shape index (κ3) is 4.89. The van der Waals surface area contributed by atoms with Crippen molar-refractivity contribution in [3.63, 3.8) is 0 Å². The van der Waals surface area contributed by atoms with Crippen molar-refractivity contribution >= 4 is 27.3 Å². The van der Waals surface area contributed by atoms with Gasteiger partial charge in [-0.1, -0.05) is 24.3 Å². The maximum absolute atomic E-state index is 12.5. The topological polar surface area (TPSA) is 84.9 Å². The van der Waals surface area contributed by atoms with Crippen molar-refractivity contribution in [2.75, 3.05) is 36.1 Å². The summed E-state index contributed by atoms with van der Waals surface area (Å²) in [5, 5.41) is 2.69. The number of methoxy groups -OCH3 is 1. The maximum Gasteiger partial charge on any atom is 0.245 e. The van der Waals surface area contributed by atoms with E-state index in [1.807, 2.05) is 6.92 Å². The van der Waals surface area contributed by atoms with Gasteiger partial charge in [0.25, 0.3) is 0 Å². The van der Waals surface area contributed by atoms with Gasteiger partial charge in [-0.25, -0.2) is 8.42 Å². The molecule has 0 heterocycles. The lowest BCUT2D eigenvalue weighted by atomic mass is 10.2. The molecule has 2 aromatic rings. The van der Waals surface area contributed by atoms with Crippen LogP contribution in [0.5, 0.6) is 11.5 Å². The van der Waals surface area contributed by atoms with E-state index in [4.69, 9.17) is 9.47 Å². The number of benzene rings is 2. The van der Waals surface area contributed by atoms with Gasteiger partial charge in [-0.2, -0.15) is 0 Å². The summed E-state index contributed by atoms with van der Waals surface area (Å²) in [7, 11) is -2.25. The van der Waals surface area contributed by atoms with Crippen molar-refractivity contribution in [1.29, 1.82) is 0 Å². The van der Waals surface area contributed by atoms with Gasteiger partial charge in [-0.3, -0.25) is 9.10 Å². The van der Waals surface area contributed by atoms with Crippen LogP contribution in [0.1, 0.15) is 6.92 Å². The summed E-state index contributed by atoms with van der Waals surface area (Å²) < 4.78 is 36.1. The number of anilines is 2. The van der Waals surface area contributed by atoms with E-state index in [-0.39, 0.29) is 6.54 Å². The molecule has 7 nitrogen and oxygen atoms in total. The molecule has 0 unspecified atom stereocenters. The van der Waals surface area contributed by atoms with E-state index in [0.29, 0.717) is 29.5 Å². The van der Waals surface area contributed by atoms with E-state index in [9.17, 15) is 13.2 Å². The highest BCUT2D eigenvalue weighted by Gasteiger charge is 2.24. The van der Waals surface area contributed by atoms with Gasteiger partial charge < -0.3 is 14.8 Å². The van der Waals surface area contributed by atoms with E-state index in [2.05, 4.69) is 5.32 Å². The van der Waals surface area contributed by atoms with E-state index >= 15 is 0 Å². The van der Waals surface area contributed by atoms with Crippen LogP contribution in [0.3, 0.4) is 0 Å². The quantitative estimate of drug-likeness (QED) is 0.763. The number of nitrogens with zero attached hydrogens (tertiary/aromatic N) is 1. The summed E-state index contributed by atoms with van der Waals surface area (Å²) in [4.78, 5) is 12.5. The molecule has 2 aromatic carbocycles. The zero-order valence-electron chi connectivity index (χ0n) is 14.9. The fraction of sp³-hybridized carbons (Fsp3) is 0.278. The van der Waals surface area contributed by atoms with E-state index in [1.165, 1.54) is 7.11 Å². The fourth-order valence-corrected chi connectivity index (χ4v) is 3.25. The molecule has 0 radical (unpaired) electrons. The molecular formula is C18H22N2O5S. The normalized spacial score (nSPS) is 10.9. The first-order valence-corrected chi connectivity index (χ1v) is 9.84. The number of rotatable bonds is 8. The van der Waals surface area contributed by atoms with Crippen LogP contribution in [0.2, 0.25) is 0 Å². The van der Waals surface area contributed by atoms with E-state index < -0.39 is 15.9 Å². The lowest BCUT2D eigenvalue weighted by molar-refractivity contribution is -0.114. The van der Waals surface area contributed by atoms with Gasteiger partial charge in [0.15, 0.2) is 0 Å². The number of para-hydroxylation sites is 4. The van der Waals surface area contributed by atoms with Crippen LogP contribution in [-0.2, 0) is 14.8 Å². The van der Waals surface area contributed by atoms with Crippen LogP contribution < -0.4 is 19.1 Å². The molecule has 0 saturated heterocycles. The largest absolute Gasteiger partial charge is 0.495 e. The Morgan fingerprint density at radius 3 is 2.31 bits per heavy atom. The van der Waals surface area contributed by atoms with Crippen LogP contribution in [0.15, 0.2) is 48.5 Å². The Morgan fingerprint density at radius 1 is 1.08 bits per heavy atom. The molecule has 140 valence electrons. The fourth-order valence-electron chi connectivity index (χ4n) is 2.39. The van der Waals surface area contributed by atoms with Crippen molar-refractivity contribution < 1.29 is 22.7 Å². The van der Waals surface area contributed by atoms with Crippen molar-refractivity contribution in [2.45, 2.75) is 6.92 Å². The number of carbonyl (C=O) groups excluding carboxylic acids is 1. The van der Waals surface area contributed by atoms with Crippen LogP contribution in [0, 0.1) is 0 Å². The molecule has 0 saturated carbocycles. The minimum absolute atomic E-state index is 0.297. The Bertz CT molecular complexity index is 867. The molecule has 0 aliphatic heterocycles. The summed E-state index contributed by atoms with van der Waals surface area (Å²) in [5.74, 6) is 0.389. The summed E-state index contributed by atoms with van der Waals surface area (Å²) in [6.45, 7) is 1.90. The lowest BCUT2D eigenvalue weighted by Crippen LogP contribution is -2.37. The van der Waals surface area contributed by atoms with Crippen LogP contribution in [0.4, 0.5) is 11.4 Å². The molecule has 0 aliphatic carbocycles. The van der Waals surface area contributed by atoms with Crippen molar-refractivity contribution in [2.24, 2.45) is 0 Å². The molecule has 1 amide bonds. The summed E-state index contributed by atoms with van der Waals surface area (Å²) in [6.07, 6.45) is 1.04. The van der Waals surface area contributed by atoms with E-state index in [1.54, 1.807) is 48.5 Å². The zero-order valence-corrected chi connectivity index (χ0v) is 15.7. The van der Waals surface area contributed by atoms with Crippen LogP contribution in [0.25, 0.3) is 0 Å². The molecule has 0 aromatic heterocycles. The third-order valence-electron chi connectivity index (χ3n) is 3.50. The van der Waals surface area contributed by atoms with Crippen molar-refractivity contribution in [3.05, 3.63) is 48.5 Å². The van der Waals surface area contributed by atoms with Gasteiger partial charge in [-0.15, -0.1) is 0 Å². The Balaban J connectivity index is 2.26. The average molecular weight is 378 g/mol. The number of hydrogen-bond donors (Lipinski definition) is 1. The predicted molar refractivity (Wildman–Crippen MR) is 101 cm³/mol. The monoisotopic (exact) mass is 378 g/mol. The smallest absolute Gasteiger partial charge is 0.245 e. The summed E-state index contributed by atoms with van der Waals surface area (Å²) in [5.41, 5.74) is 0.776.